The van der Waals surface area contributed by atoms with Crippen molar-refractivity contribution in [2.45, 2.75) is 83.1 Å². The molecule has 290 valence electrons. The van der Waals surface area contributed by atoms with Gasteiger partial charge in [-0.15, -0.1) is 0 Å². The van der Waals surface area contributed by atoms with E-state index in [9.17, 15) is 29.3 Å². The summed E-state index contributed by atoms with van der Waals surface area (Å²) in [4.78, 5) is 83.8. The van der Waals surface area contributed by atoms with Gasteiger partial charge in [0.15, 0.2) is 0 Å². The van der Waals surface area contributed by atoms with Crippen molar-refractivity contribution in [1.29, 1.82) is 0 Å². The summed E-state index contributed by atoms with van der Waals surface area (Å²) in [6.45, 7) is 9.92. The number of nitro groups is 1. The molecular formula is C40H49N3O11. The number of benzene rings is 2. The Kier molecular flexibility index (Phi) is 12.4. The number of ether oxygens (including phenoxy) is 4. The minimum atomic E-state index is -1.27. The fraction of sp³-hybridized carbons (Fsp3) is 0.525. The zero-order valence-electron chi connectivity index (χ0n) is 31.5. The second-order valence-corrected chi connectivity index (χ2v) is 14.8. The summed E-state index contributed by atoms with van der Waals surface area (Å²) in [6.07, 6.45) is 2.90. The first-order valence-electron chi connectivity index (χ1n) is 18.3. The monoisotopic (exact) mass is 747 g/mol. The fourth-order valence-electron chi connectivity index (χ4n) is 8.64. The molecule has 14 heteroatoms. The second-order valence-electron chi connectivity index (χ2n) is 14.8. The van der Waals surface area contributed by atoms with Crippen molar-refractivity contribution in [3.05, 3.63) is 82.4 Å². The van der Waals surface area contributed by atoms with E-state index in [-0.39, 0.29) is 36.5 Å². The first kappa shape index (κ1) is 39.9. The summed E-state index contributed by atoms with van der Waals surface area (Å²) in [7, 11) is 3.86. The van der Waals surface area contributed by atoms with E-state index >= 15 is 4.79 Å². The molecule has 0 aromatic heterocycles. The molecule has 5 rings (SSSR count). The highest BCUT2D eigenvalue weighted by molar-refractivity contribution is 5.95. The smallest absolute Gasteiger partial charge is 0.328 e. The number of methoxy groups -OCH3 is 3. The number of amides is 2. The van der Waals surface area contributed by atoms with Gasteiger partial charge in [-0.25, -0.2) is 9.59 Å². The first-order chi connectivity index (χ1) is 25.8. The molecule has 0 spiro atoms. The second kappa shape index (κ2) is 16.8. The van der Waals surface area contributed by atoms with Crippen molar-refractivity contribution < 1.29 is 47.8 Å². The highest BCUT2D eigenvalue weighted by atomic mass is 16.6. The van der Waals surface area contributed by atoms with Crippen LogP contribution in [0.25, 0.3) is 0 Å². The summed E-state index contributed by atoms with van der Waals surface area (Å²) in [5.41, 5.74) is 0.657. The maximum absolute atomic E-state index is 15.3. The quantitative estimate of drug-likeness (QED) is 0.0953. The summed E-state index contributed by atoms with van der Waals surface area (Å²) in [5, 5.41) is 11.6. The normalized spacial score (nSPS) is 27.9. The Balaban J connectivity index is 1.64. The van der Waals surface area contributed by atoms with E-state index in [1.165, 1.54) is 55.4 Å². The summed E-state index contributed by atoms with van der Waals surface area (Å²) in [5.74, 6) is -4.37. The maximum Gasteiger partial charge on any atom is 0.328 e. The lowest BCUT2D eigenvalue weighted by Crippen LogP contribution is -2.47. The molecule has 2 heterocycles. The molecule has 0 bridgehead atoms. The number of hydrogen-bond acceptors (Lipinski definition) is 11. The van der Waals surface area contributed by atoms with Crippen LogP contribution in [0.2, 0.25) is 0 Å². The number of carbonyl (C=O) groups is 5. The molecule has 2 aromatic carbocycles. The molecule has 2 aliphatic heterocycles. The lowest BCUT2D eigenvalue weighted by molar-refractivity contribution is -0.384. The van der Waals surface area contributed by atoms with Gasteiger partial charge in [0.2, 0.25) is 11.8 Å². The number of rotatable bonds is 11. The number of nitrogens with zero attached hydrogens (tertiary/aromatic N) is 3. The molecule has 0 N–H and O–H groups in total. The van der Waals surface area contributed by atoms with E-state index in [0.29, 0.717) is 29.2 Å². The zero-order chi connectivity index (χ0) is 39.4. The van der Waals surface area contributed by atoms with Crippen LogP contribution < -0.4 is 4.74 Å². The topological polar surface area (TPSA) is 172 Å². The molecule has 9 atom stereocenters. The van der Waals surface area contributed by atoms with Gasteiger partial charge in [-0.05, 0) is 72.8 Å². The third kappa shape index (κ3) is 7.83. The van der Waals surface area contributed by atoms with Crippen LogP contribution in [0, 0.1) is 39.7 Å². The van der Waals surface area contributed by atoms with Crippen LogP contribution >= 0.6 is 0 Å². The largest absolute Gasteiger partial charge is 0.497 e. The van der Waals surface area contributed by atoms with E-state index in [1.54, 1.807) is 24.3 Å². The Morgan fingerprint density at radius 3 is 1.85 bits per heavy atom. The zero-order valence-corrected chi connectivity index (χ0v) is 31.5. The number of carbonyl (C=O) groups excluding carboxylic acids is 5. The molecule has 14 nitrogen and oxygen atoms in total. The minimum Gasteiger partial charge on any atom is -0.497 e. The summed E-state index contributed by atoms with van der Waals surface area (Å²) >= 11 is 0. The number of non-ortho nitro benzene ring substituents is 1. The number of nitro benzene ring substituents is 1. The highest BCUT2D eigenvalue weighted by Crippen LogP contribution is 2.49. The molecule has 1 aliphatic carbocycles. The van der Waals surface area contributed by atoms with Crippen LogP contribution in [0.5, 0.6) is 5.75 Å². The van der Waals surface area contributed by atoms with Crippen molar-refractivity contribution >= 4 is 35.4 Å². The summed E-state index contributed by atoms with van der Waals surface area (Å²) < 4.78 is 21.9. The minimum absolute atomic E-state index is 0.117. The van der Waals surface area contributed by atoms with Crippen molar-refractivity contribution in [2.75, 3.05) is 21.3 Å². The average molecular weight is 748 g/mol. The highest BCUT2D eigenvalue weighted by Gasteiger charge is 2.58. The standard InChI is InChI=1S/C40H49N3O11/c1-8-34(44)41-31(39(47)52-6)20-29(35(41)25-12-16-27(51-5)17-13-25)37(45)42-32(40(48)53-7)21-30(36(42)24-10-14-26(15-11-24)43(49)50)38(46)54-33-19-23(4)9-18-28(33)22(2)3/h8,10-17,22-23,28-33,35-36H,1,9,18-21H2,2-7H3/t23-,28+,29-,30+,31-,32+,33-,35-,36+/m1/s1. The molecule has 1 saturated carbocycles. The molecule has 2 amide bonds. The molecule has 0 radical (unpaired) electrons. The van der Waals surface area contributed by atoms with E-state index in [2.05, 4.69) is 27.4 Å². The Morgan fingerprint density at radius 2 is 1.33 bits per heavy atom. The molecule has 2 saturated heterocycles. The van der Waals surface area contributed by atoms with Crippen LogP contribution in [-0.2, 0) is 38.2 Å². The molecule has 2 aromatic rings. The Labute approximate surface area is 314 Å². The van der Waals surface area contributed by atoms with Gasteiger partial charge in [-0.3, -0.25) is 24.5 Å². The molecular weight excluding hydrogens is 698 g/mol. The van der Waals surface area contributed by atoms with Crippen molar-refractivity contribution in [3.8, 4) is 5.75 Å². The van der Waals surface area contributed by atoms with Gasteiger partial charge in [0.25, 0.3) is 5.69 Å². The molecule has 3 fully saturated rings. The Bertz CT molecular complexity index is 1740. The van der Waals surface area contributed by atoms with Crippen LogP contribution in [0.4, 0.5) is 5.69 Å². The van der Waals surface area contributed by atoms with Gasteiger partial charge in [-0.1, -0.05) is 58.0 Å². The molecule has 0 unspecified atom stereocenters. The third-order valence-corrected chi connectivity index (χ3v) is 11.4. The van der Waals surface area contributed by atoms with E-state index in [1.807, 2.05) is 0 Å². The summed E-state index contributed by atoms with van der Waals surface area (Å²) in [6, 6.07) is 7.53. The lowest BCUT2D eigenvalue weighted by atomic mass is 9.75. The van der Waals surface area contributed by atoms with Crippen LogP contribution in [0.1, 0.15) is 76.1 Å². The van der Waals surface area contributed by atoms with Gasteiger partial charge in [-0.2, -0.15) is 0 Å². The first-order valence-corrected chi connectivity index (χ1v) is 18.3. The van der Waals surface area contributed by atoms with E-state index in [0.717, 1.165) is 18.9 Å². The van der Waals surface area contributed by atoms with E-state index in [4.69, 9.17) is 18.9 Å². The average Bonchev–Trinajstić information content (AvgIpc) is 3.77. The van der Waals surface area contributed by atoms with Crippen molar-refractivity contribution in [3.63, 3.8) is 0 Å². The van der Waals surface area contributed by atoms with Gasteiger partial charge in [0.1, 0.15) is 23.9 Å². The fourth-order valence-corrected chi connectivity index (χ4v) is 8.64. The van der Waals surface area contributed by atoms with Crippen LogP contribution in [-0.4, -0.2) is 84.0 Å². The van der Waals surface area contributed by atoms with Crippen LogP contribution in [0.3, 0.4) is 0 Å². The Hall–Kier alpha value is -5.27. The number of esters is 3. The van der Waals surface area contributed by atoms with Gasteiger partial charge < -0.3 is 28.7 Å². The van der Waals surface area contributed by atoms with E-state index < -0.39 is 70.6 Å². The number of hydrogen-bond donors (Lipinski definition) is 0. The maximum atomic E-state index is 15.3. The van der Waals surface area contributed by atoms with Gasteiger partial charge >= 0.3 is 17.9 Å². The van der Waals surface area contributed by atoms with Gasteiger partial charge in [0, 0.05) is 12.1 Å². The number of likely N-dealkylation sites (tertiary alicyclic amines) is 2. The molecule has 54 heavy (non-hydrogen) atoms. The van der Waals surface area contributed by atoms with Gasteiger partial charge in [0.05, 0.1) is 50.2 Å². The van der Waals surface area contributed by atoms with Crippen LogP contribution in [0.15, 0.2) is 61.2 Å². The third-order valence-electron chi connectivity index (χ3n) is 11.4. The van der Waals surface area contributed by atoms with Crippen molar-refractivity contribution in [1.82, 2.24) is 9.80 Å². The van der Waals surface area contributed by atoms with Crippen molar-refractivity contribution in [2.24, 2.45) is 29.6 Å². The lowest BCUT2D eigenvalue weighted by Gasteiger charge is -2.38. The predicted octanol–water partition coefficient (Wildman–Crippen LogP) is 5.36. The molecule has 3 aliphatic rings. The SMILES string of the molecule is C=CC(=O)N1[C@@H](C(=O)OC)C[C@@H](C(=O)N2[C@H](C(=O)OC)C[C@H](C(=O)O[C@@H]3C[C@H](C)CC[C@H]3C(C)C)[C@@H]2c2ccc([N+](=O)[O-])cc2)[C@H]1c1ccc(OC)cc1. The predicted molar refractivity (Wildman–Crippen MR) is 195 cm³/mol. The Morgan fingerprint density at radius 1 is 0.796 bits per heavy atom.